The summed E-state index contributed by atoms with van der Waals surface area (Å²) in [5.74, 6) is 0.369. The molecule has 1 aromatic rings. The van der Waals surface area contributed by atoms with Crippen LogP contribution in [-0.4, -0.2) is 43.7 Å². The van der Waals surface area contributed by atoms with Crippen molar-refractivity contribution in [2.75, 3.05) is 26.8 Å². The summed E-state index contributed by atoms with van der Waals surface area (Å²) in [6.07, 6.45) is 6.46. The summed E-state index contributed by atoms with van der Waals surface area (Å²) in [5, 5.41) is 0. The molecule has 0 radical (unpaired) electrons. The Balaban J connectivity index is 2.22. The van der Waals surface area contributed by atoms with E-state index in [1.54, 1.807) is 0 Å². The number of nitrogens with zero attached hydrogens (tertiary/aromatic N) is 1. The van der Waals surface area contributed by atoms with Gasteiger partial charge in [-0.1, -0.05) is 27.2 Å². The summed E-state index contributed by atoms with van der Waals surface area (Å²) >= 11 is 0. The zero-order valence-electron chi connectivity index (χ0n) is 16.3. The van der Waals surface area contributed by atoms with Gasteiger partial charge >= 0.3 is 5.97 Å². The number of hydrogen-bond acceptors (Lipinski definition) is 4. The molecular formula is C21H33NO3. The molecule has 0 heterocycles. The third kappa shape index (κ3) is 4.97. The van der Waals surface area contributed by atoms with Crippen LogP contribution in [0.1, 0.15) is 67.9 Å². The Labute approximate surface area is 152 Å². The third-order valence-electron chi connectivity index (χ3n) is 4.91. The van der Waals surface area contributed by atoms with E-state index >= 15 is 0 Å². The SMILES string of the molecule is CCCCOc1cc2c(cc1C(=O)OC)CC(N(CCC)CCC)C2. The highest BCUT2D eigenvalue weighted by Gasteiger charge is 2.28. The molecule has 1 atom stereocenters. The van der Waals surface area contributed by atoms with Crippen LogP contribution in [0.25, 0.3) is 0 Å². The van der Waals surface area contributed by atoms with Crippen molar-refractivity contribution < 1.29 is 14.3 Å². The van der Waals surface area contributed by atoms with Gasteiger partial charge in [-0.2, -0.15) is 0 Å². The number of hydrogen-bond donors (Lipinski definition) is 0. The molecule has 0 N–H and O–H groups in total. The van der Waals surface area contributed by atoms with E-state index in [0.29, 0.717) is 24.0 Å². The van der Waals surface area contributed by atoms with Crippen LogP contribution >= 0.6 is 0 Å². The van der Waals surface area contributed by atoms with Gasteiger partial charge in [-0.05, 0) is 68.5 Å². The molecule has 0 spiro atoms. The highest BCUT2D eigenvalue weighted by atomic mass is 16.5. The second kappa shape index (κ2) is 9.81. The van der Waals surface area contributed by atoms with Crippen molar-refractivity contribution in [2.24, 2.45) is 0 Å². The number of carbonyl (C=O) groups is 1. The van der Waals surface area contributed by atoms with Crippen LogP contribution in [0.15, 0.2) is 12.1 Å². The van der Waals surface area contributed by atoms with Crippen LogP contribution < -0.4 is 4.74 Å². The first-order chi connectivity index (χ1) is 12.1. The minimum Gasteiger partial charge on any atom is -0.493 e. The zero-order valence-corrected chi connectivity index (χ0v) is 16.3. The Morgan fingerprint density at radius 3 is 2.28 bits per heavy atom. The Bertz CT molecular complexity index is 565. The van der Waals surface area contributed by atoms with E-state index < -0.39 is 0 Å². The van der Waals surface area contributed by atoms with Crippen LogP contribution in [0.3, 0.4) is 0 Å². The fourth-order valence-electron chi connectivity index (χ4n) is 3.65. The van der Waals surface area contributed by atoms with Crippen LogP contribution in [0.4, 0.5) is 0 Å². The summed E-state index contributed by atoms with van der Waals surface area (Å²) in [5.41, 5.74) is 3.15. The number of esters is 1. The topological polar surface area (TPSA) is 38.8 Å². The van der Waals surface area contributed by atoms with Gasteiger partial charge in [-0.25, -0.2) is 4.79 Å². The van der Waals surface area contributed by atoms with Crippen molar-refractivity contribution in [1.29, 1.82) is 0 Å². The first-order valence-corrected chi connectivity index (χ1v) is 9.75. The van der Waals surface area contributed by atoms with E-state index in [2.05, 4.69) is 31.7 Å². The van der Waals surface area contributed by atoms with Crippen LogP contribution in [0.2, 0.25) is 0 Å². The van der Waals surface area contributed by atoms with Gasteiger partial charge in [0.25, 0.3) is 0 Å². The lowest BCUT2D eigenvalue weighted by Crippen LogP contribution is -2.37. The van der Waals surface area contributed by atoms with E-state index in [1.165, 1.54) is 31.1 Å². The van der Waals surface area contributed by atoms with Crippen molar-refractivity contribution in [3.05, 3.63) is 28.8 Å². The summed E-state index contributed by atoms with van der Waals surface area (Å²) < 4.78 is 10.9. The molecule has 1 aliphatic carbocycles. The first kappa shape index (κ1) is 19.8. The van der Waals surface area contributed by atoms with Gasteiger partial charge in [-0.15, -0.1) is 0 Å². The molecule has 1 aromatic carbocycles. The summed E-state index contributed by atoms with van der Waals surface area (Å²) in [6.45, 7) is 9.51. The molecule has 4 heteroatoms. The van der Waals surface area contributed by atoms with E-state index in [1.807, 2.05) is 6.07 Å². The molecule has 0 saturated carbocycles. The number of benzene rings is 1. The maximum atomic E-state index is 12.2. The normalized spacial score (nSPS) is 16.1. The Hall–Kier alpha value is -1.55. The number of fused-ring (bicyclic) bond motifs is 1. The average Bonchev–Trinajstić information content (AvgIpc) is 3.03. The molecule has 0 fully saturated rings. The van der Waals surface area contributed by atoms with Crippen LogP contribution in [-0.2, 0) is 17.6 Å². The predicted octanol–water partition coefficient (Wildman–Crippen LogP) is 4.24. The largest absolute Gasteiger partial charge is 0.493 e. The number of rotatable bonds is 10. The van der Waals surface area contributed by atoms with Gasteiger partial charge in [-0.3, -0.25) is 4.90 Å². The van der Waals surface area contributed by atoms with Gasteiger partial charge < -0.3 is 9.47 Å². The fourth-order valence-corrected chi connectivity index (χ4v) is 3.65. The second-order valence-corrected chi connectivity index (χ2v) is 6.91. The average molecular weight is 347 g/mol. The van der Waals surface area contributed by atoms with E-state index in [0.717, 1.165) is 38.8 Å². The zero-order chi connectivity index (χ0) is 18.2. The lowest BCUT2D eigenvalue weighted by atomic mass is 10.1. The molecule has 4 nitrogen and oxygen atoms in total. The number of unbranched alkanes of at least 4 members (excludes halogenated alkanes) is 1. The highest BCUT2D eigenvalue weighted by molar-refractivity contribution is 5.93. The fraction of sp³-hybridized carbons (Fsp3) is 0.667. The Morgan fingerprint density at radius 2 is 1.72 bits per heavy atom. The summed E-state index contributed by atoms with van der Waals surface area (Å²) in [4.78, 5) is 14.8. The number of carbonyl (C=O) groups excluding carboxylic acids is 1. The molecule has 0 amide bonds. The van der Waals surface area contributed by atoms with Crippen LogP contribution in [0.5, 0.6) is 5.75 Å². The van der Waals surface area contributed by atoms with E-state index in [-0.39, 0.29) is 5.97 Å². The standard InChI is InChI=1S/C21H33NO3/c1-5-8-11-25-20-15-17-13-18(22(9-6-2)10-7-3)12-16(17)14-19(20)21(23)24-4/h14-15,18H,5-13H2,1-4H3. The van der Waals surface area contributed by atoms with Crippen molar-refractivity contribution in [3.63, 3.8) is 0 Å². The second-order valence-electron chi connectivity index (χ2n) is 6.91. The molecule has 25 heavy (non-hydrogen) atoms. The monoisotopic (exact) mass is 347 g/mol. The minimum absolute atomic E-state index is 0.309. The first-order valence-electron chi connectivity index (χ1n) is 9.75. The lowest BCUT2D eigenvalue weighted by Gasteiger charge is -2.27. The molecule has 0 saturated heterocycles. The quantitative estimate of drug-likeness (QED) is 0.469. The maximum absolute atomic E-state index is 12.2. The van der Waals surface area contributed by atoms with E-state index in [9.17, 15) is 4.79 Å². The van der Waals surface area contributed by atoms with Crippen molar-refractivity contribution >= 4 is 5.97 Å². The molecule has 1 aliphatic rings. The summed E-state index contributed by atoms with van der Waals surface area (Å²) in [7, 11) is 1.43. The van der Waals surface area contributed by atoms with Crippen molar-refractivity contribution in [2.45, 2.75) is 65.3 Å². The lowest BCUT2D eigenvalue weighted by molar-refractivity contribution is 0.0596. The van der Waals surface area contributed by atoms with Gasteiger partial charge in [0.15, 0.2) is 0 Å². The number of methoxy groups -OCH3 is 1. The molecule has 1 unspecified atom stereocenters. The van der Waals surface area contributed by atoms with Crippen molar-refractivity contribution in [3.8, 4) is 5.75 Å². The molecule has 140 valence electrons. The van der Waals surface area contributed by atoms with Gasteiger partial charge in [0.2, 0.25) is 0 Å². The smallest absolute Gasteiger partial charge is 0.341 e. The predicted molar refractivity (Wildman–Crippen MR) is 102 cm³/mol. The Morgan fingerprint density at radius 1 is 1.08 bits per heavy atom. The minimum atomic E-state index is -0.309. The van der Waals surface area contributed by atoms with Gasteiger partial charge in [0.1, 0.15) is 11.3 Å². The highest BCUT2D eigenvalue weighted by Crippen LogP contribution is 2.32. The third-order valence-corrected chi connectivity index (χ3v) is 4.91. The van der Waals surface area contributed by atoms with Gasteiger partial charge in [0, 0.05) is 6.04 Å². The molecular weight excluding hydrogens is 314 g/mol. The molecule has 0 bridgehead atoms. The van der Waals surface area contributed by atoms with Crippen LogP contribution in [0, 0.1) is 0 Å². The molecule has 0 aliphatic heterocycles. The summed E-state index contributed by atoms with van der Waals surface area (Å²) in [6, 6.07) is 4.61. The maximum Gasteiger partial charge on any atom is 0.341 e. The van der Waals surface area contributed by atoms with Gasteiger partial charge in [0.05, 0.1) is 13.7 Å². The van der Waals surface area contributed by atoms with E-state index in [4.69, 9.17) is 9.47 Å². The number of ether oxygens (including phenoxy) is 2. The Kier molecular flexibility index (Phi) is 7.76. The molecule has 2 rings (SSSR count). The molecule has 0 aromatic heterocycles. The van der Waals surface area contributed by atoms with Crippen molar-refractivity contribution in [1.82, 2.24) is 4.90 Å².